The quantitative estimate of drug-likeness (QED) is 0.160. The third-order valence-electron chi connectivity index (χ3n) is 13.7. The van der Waals surface area contributed by atoms with Gasteiger partial charge in [-0.2, -0.15) is 0 Å². The molecule has 7 fully saturated rings. The molecule has 2 amide bonds. The normalized spacial score (nSPS) is 22.0. The van der Waals surface area contributed by atoms with Gasteiger partial charge >= 0.3 is 6.03 Å². The van der Waals surface area contributed by atoms with Crippen molar-refractivity contribution in [1.29, 1.82) is 0 Å². The largest absolute Gasteiger partial charge is 0.760 e. The first kappa shape index (κ1) is 73.1. The molecule has 0 aromatic carbocycles. The van der Waals surface area contributed by atoms with Crippen LogP contribution in [0.4, 0.5) is 4.79 Å². The molecule has 16 nitrogen and oxygen atoms in total. The zero-order valence-electron chi connectivity index (χ0n) is 49.0. The molecule has 0 aromatic rings. The summed E-state index contributed by atoms with van der Waals surface area (Å²) in [5, 5.41) is 3.25. The maximum atomic E-state index is 10.7. The van der Waals surface area contributed by atoms with Crippen molar-refractivity contribution in [2.45, 2.75) is 72.1 Å². The zero-order valence-corrected chi connectivity index (χ0v) is 49.8. The number of carbonyl (C=O) groups is 1. The van der Waals surface area contributed by atoms with Gasteiger partial charge < -0.3 is 64.3 Å². The van der Waals surface area contributed by atoms with E-state index < -0.39 is 11.3 Å². The van der Waals surface area contributed by atoms with E-state index in [4.69, 9.17) is 15.2 Å². The number of piperidine rings is 2. The number of likely N-dealkylation sites (N-methyl/N-ethyl adjacent to an activating group) is 2. The van der Waals surface area contributed by atoms with Crippen LogP contribution in [0.1, 0.15) is 72.1 Å². The van der Waals surface area contributed by atoms with Gasteiger partial charge in [0.1, 0.15) is 0 Å². The molecule has 0 aliphatic carbocycles. The number of unbranched alkanes of at least 4 members (excludes halogenated alkanes) is 1. The molecule has 0 bridgehead atoms. The number of hydrogen-bond acceptors (Lipinski definition) is 13. The van der Waals surface area contributed by atoms with E-state index in [1.165, 1.54) is 102 Å². The second kappa shape index (κ2) is 49.6. The minimum atomic E-state index is -2.02. The van der Waals surface area contributed by atoms with Gasteiger partial charge in [0.05, 0.1) is 19.8 Å². The van der Waals surface area contributed by atoms with E-state index in [2.05, 4.69) is 148 Å². The summed E-state index contributed by atoms with van der Waals surface area (Å²) in [5.74, 6) is 2.69. The second-order valence-electron chi connectivity index (χ2n) is 20.1. The Labute approximate surface area is 458 Å². The van der Waals surface area contributed by atoms with E-state index in [-0.39, 0.29) is 6.03 Å². The molecule has 7 heterocycles. The molecule has 7 aliphatic heterocycles. The van der Waals surface area contributed by atoms with E-state index in [9.17, 15) is 13.6 Å². The monoisotopic (exact) mass is 1060 g/mol. The Hall–Kier alpha value is -2.94. The molecule has 3 unspecified atom stereocenters. The summed E-state index contributed by atoms with van der Waals surface area (Å²) < 4.78 is 32.5. The molecular formula is C57H114N11O5S-. The minimum Gasteiger partial charge on any atom is -0.760 e. The smallest absolute Gasteiger partial charge is 0.314 e. The van der Waals surface area contributed by atoms with Crippen LogP contribution in [0.2, 0.25) is 0 Å². The predicted octanol–water partition coefficient (Wildman–Crippen LogP) is 6.64. The number of morpholine rings is 1. The number of nitrogens with zero attached hydrogens (tertiary/aromatic N) is 9. The SMILES string of the molecule is C=CC1CCN(C)CC1.C=CC1CCN(S(=O)[O-])CC1.C=CC1CCNC1.C=CC1CCOC1.C=CN1CCN(C(N)=O)CC1.C=CN1CCOCC1.CCCCN(C)C.CCN(C)C.CCN1CCN(C)CC1. The first-order chi connectivity index (χ1) is 35.5. The highest BCUT2D eigenvalue weighted by Gasteiger charge is 2.18. The number of rotatable bonds is 12. The first-order valence-corrected chi connectivity index (χ1v) is 28.9. The fourth-order valence-corrected chi connectivity index (χ4v) is 8.17. The van der Waals surface area contributed by atoms with Crippen LogP contribution in [-0.4, -0.2) is 251 Å². The molecule has 0 aromatic heterocycles. The number of nitrogens with one attached hydrogen (secondary N) is 1. The van der Waals surface area contributed by atoms with Crippen LogP contribution in [0, 0.1) is 23.7 Å². The number of urea groups is 1. The van der Waals surface area contributed by atoms with Crippen molar-refractivity contribution in [2.24, 2.45) is 29.4 Å². The lowest BCUT2D eigenvalue weighted by atomic mass is 9.98. The molecule has 7 aliphatic rings. The van der Waals surface area contributed by atoms with Crippen LogP contribution < -0.4 is 11.1 Å². The molecule has 3 atom stereocenters. The number of piperazine rings is 2. The summed E-state index contributed by atoms with van der Waals surface area (Å²) in [6.45, 7) is 52.0. The Morgan fingerprint density at radius 1 is 0.635 bits per heavy atom. The highest BCUT2D eigenvalue weighted by atomic mass is 32.2. The van der Waals surface area contributed by atoms with Crippen LogP contribution in [0.15, 0.2) is 76.2 Å². The van der Waals surface area contributed by atoms with Gasteiger partial charge in [-0.05, 0) is 157 Å². The Balaban J connectivity index is 0. The number of nitrogens with two attached hydrogens (primary N) is 1. The molecule has 3 N–H and O–H groups in total. The number of carbonyl (C=O) groups excluding carboxylic acids is 1. The van der Waals surface area contributed by atoms with Crippen molar-refractivity contribution < 1.29 is 23.0 Å². The van der Waals surface area contributed by atoms with E-state index in [1.807, 2.05) is 24.4 Å². The standard InChI is InChI=1S/C8H15N.C7H13N3O.C7H16N2.C7H13NO2S.C6H11NO.C6H11N.C6H15N.C6H10O.C4H11N/c1-3-8-4-6-9(2)7-5-8;1-2-9-3-5-10(6-4-9)7(8)11;1-3-9-6-4-8(2)5-7-9;1-2-7-3-5-8(6-4-7)11(9)10;1-2-7-3-5-8-6-4-7;1-2-6-3-4-7-5-6;1-4-5-6-7(2)3;1-2-6-3-4-7-5-6;1-4-5(2)3/h3,8H,1,4-7H2,2H3;2H,1,3-6H2,(H2,8,11);3-7H2,1-2H3;2,7H,1,3-6H2,(H,9,10);2H,1,3-6H2;2,6-7H,1,3-5H2;4-6H2,1-3H3;2,6H,1,3-5H2;4H2,1-3H3/p-1. The number of likely N-dealkylation sites (tertiary alicyclic amines) is 1. The number of primary amides is 1. The third kappa shape index (κ3) is 42.2. The Morgan fingerprint density at radius 3 is 1.43 bits per heavy atom. The third-order valence-corrected chi connectivity index (χ3v) is 14.5. The summed E-state index contributed by atoms with van der Waals surface area (Å²) in [4.78, 5) is 28.1. The molecule has 434 valence electrons. The van der Waals surface area contributed by atoms with Gasteiger partial charge in [0.25, 0.3) is 0 Å². The number of allylic oxidation sites excluding steroid dienone is 2. The number of hydrogen-bond donors (Lipinski definition) is 2. The highest BCUT2D eigenvalue weighted by Crippen LogP contribution is 2.18. The van der Waals surface area contributed by atoms with Gasteiger partial charge in [-0.15, -0.1) is 26.3 Å². The lowest BCUT2D eigenvalue weighted by Gasteiger charge is -2.32. The maximum Gasteiger partial charge on any atom is 0.314 e. The van der Waals surface area contributed by atoms with Crippen LogP contribution in [0.3, 0.4) is 0 Å². The molecule has 74 heavy (non-hydrogen) atoms. The van der Waals surface area contributed by atoms with Gasteiger partial charge in [-0.1, -0.05) is 64.7 Å². The van der Waals surface area contributed by atoms with Crippen molar-refractivity contribution >= 4 is 17.3 Å². The molecule has 0 saturated carbocycles. The molecular weight excluding hydrogens is 951 g/mol. The van der Waals surface area contributed by atoms with Crippen molar-refractivity contribution in [3.8, 4) is 0 Å². The fourth-order valence-electron chi connectivity index (χ4n) is 7.66. The van der Waals surface area contributed by atoms with E-state index in [0.29, 0.717) is 38.0 Å². The summed E-state index contributed by atoms with van der Waals surface area (Å²) in [6, 6.07) is -0.325. The summed E-state index contributed by atoms with van der Waals surface area (Å²) in [5.41, 5.74) is 5.10. The van der Waals surface area contributed by atoms with Crippen molar-refractivity contribution in [3.63, 3.8) is 0 Å². The fraction of sp³-hybridized carbons (Fsp3) is 0.772. The highest BCUT2D eigenvalue weighted by molar-refractivity contribution is 7.76. The molecule has 17 heteroatoms. The minimum absolute atomic E-state index is 0.325. The Morgan fingerprint density at radius 2 is 1.12 bits per heavy atom. The second-order valence-corrected chi connectivity index (χ2v) is 21.1. The van der Waals surface area contributed by atoms with Gasteiger partial charge in [-0.25, -0.2) is 9.10 Å². The van der Waals surface area contributed by atoms with E-state index in [1.54, 1.807) is 11.1 Å². The zero-order chi connectivity index (χ0) is 55.9. The molecule has 7 rings (SSSR count). The van der Waals surface area contributed by atoms with E-state index >= 15 is 0 Å². The van der Waals surface area contributed by atoms with Crippen LogP contribution in [0.5, 0.6) is 0 Å². The molecule has 7 saturated heterocycles. The maximum absolute atomic E-state index is 10.7. The Kier molecular flexibility index (Phi) is 49.0. The van der Waals surface area contributed by atoms with Crippen LogP contribution in [0.25, 0.3) is 0 Å². The van der Waals surface area contributed by atoms with Gasteiger partial charge in [0.15, 0.2) is 0 Å². The Bertz CT molecular complexity index is 1320. The van der Waals surface area contributed by atoms with Crippen LogP contribution in [-0.2, 0) is 20.7 Å². The topological polar surface area (TPSA) is 143 Å². The lowest BCUT2D eigenvalue weighted by molar-refractivity contribution is 0.0595. The average molecular weight is 1070 g/mol. The summed E-state index contributed by atoms with van der Waals surface area (Å²) in [7, 11) is 12.7. The van der Waals surface area contributed by atoms with Gasteiger partial charge in [0.2, 0.25) is 0 Å². The van der Waals surface area contributed by atoms with Gasteiger partial charge in [-0.3, -0.25) is 4.21 Å². The first-order valence-electron chi connectivity index (χ1n) is 27.8. The predicted molar refractivity (Wildman–Crippen MR) is 317 cm³/mol. The summed E-state index contributed by atoms with van der Waals surface area (Å²) >= 11 is -2.02. The van der Waals surface area contributed by atoms with Crippen LogP contribution >= 0.6 is 0 Å². The lowest BCUT2D eigenvalue weighted by Crippen LogP contribution is -2.48. The van der Waals surface area contributed by atoms with Crippen molar-refractivity contribution in [1.82, 2.24) is 48.8 Å². The number of amides is 2. The molecule has 0 radical (unpaired) electrons. The average Bonchev–Trinajstić information content (AvgIpc) is 4.19. The van der Waals surface area contributed by atoms with E-state index in [0.717, 1.165) is 90.4 Å². The summed E-state index contributed by atoms with van der Waals surface area (Å²) in [6.07, 6.45) is 21.2. The molecule has 0 spiro atoms. The van der Waals surface area contributed by atoms with Crippen molar-refractivity contribution in [3.05, 3.63) is 76.2 Å². The van der Waals surface area contributed by atoms with Gasteiger partial charge in [0, 0.05) is 109 Å². The number of ether oxygens (including phenoxy) is 2. The van der Waals surface area contributed by atoms with Crippen molar-refractivity contribution in [2.75, 3.05) is 193 Å².